The van der Waals surface area contributed by atoms with Gasteiger partial charge in [-0.05, 0) is 31.2 Å². The zero-order valence-electron chi connectivity index (χ0n) is 12.4. The third-order valence-corrected chi connectivity index (χ3v) is 4.02. The molecule has 0 fully saturated rings. The Kier molecular flexibility index (Phi) is 4.15. The maximum absolute atomic E-state index is 6.19. The highest BCUT2D eigenvalue weighted by atomic mass is 16.5. The van der Waals surface area contributed by atoms with Crippen LogP contribution >= 0.6 is 0 Å². The summed E-state index contributed by atoms with van der Waals surface area (Å²) in [6.45, 7) is 0.552. The summed E-state index contributed by atoms with van der Waals surface area (Å²) in [7, 11) is 1.70. The lowest BCUT2D eigenvalue weighted by atomic mass is 10.1. The Morgan fingerprint density at radius 3 is 2.76 bits per heavy atom. The first-order chi connectivity index (χ1) is 10.3. The van der Waals surface area contributed by atoms with Crippen molar-refractivity contribution < 1.29 is 4.74 Å². The first kappa shape index (κ1) is 14.0. The second-order valence-electron chi connectivity index (χ2n) is 5.51. The Hall–Kier alpha value is -1.94. The summed E-state index contributed by atoms with van der Waals surface area (Å²) in [5, 5.41) is 0. The van der Waals surface area contributed by atoms with Gasteiger partial charge in [-0.2, -0.15) is 0 Å². The summed E-state index contributed by atoms with van der Waals surface area (Å²) in [4.78, 5) is 9.35. The molecule has 2 aromatic rings. The highest BCUT2D eigenvalue weighted by Gasteiger charge is 2.17. The lowest BCUT2D eigenvalue weighted by Gasteiger charge is -2.12. The zero-order valence-corrected chi connectivity index (χ0v) is 12.4. The molecule has 2 N–H and O–H groups in total. The molecule has 4 heteroatoms. The molecule has 0 saturated carbocycles. The molecule has 1 aromatic carbocycles. The number of ether oxygens (including phenoxy) is 1. The number of hydrogen-bond acceptors (Lipinski definition) is 4. The van der Waals surface area contributed by atoms with E-state index in [4.69, 9.17) is 15.5 Å². The Morgan fingerprint density at radius 2 is 1.90 bits per heavy atom. The molecule has 1 aliphatic carbocycles. The fourth-order valence-corrected chi connectivity index (χ4v) is 2.94. The number of nitrogens with two attached hydrogens (primary N) is 1. The summed E-state index contributed by atoms with van der Waals surface area (Å²) >= 11 is 0. The van der Waals surface area contributed by atoms with E-state index in [0.29, 0.717) is 12.4 Å². The van der Waals surface area contributed by atoms with Crippen LogP contribution in [0.4, 0.5) is 5.82 Å². The van der Waals surface area contributed by atoms with Gasteiger partial charge in [0.1, 0.15) is 5.82 Å². The monoisotopic (exact) mass is 283 g/mol. The number of nitrogens with zero attached hydrogens (tertiary/aromatic N) is 2. The van der Waals surface area contributed by atoms with Crippen molar-refractivity contribution in [3.63, 3.8) is 0 Å². The van der Waals surface area contributed by atoms with E-state index in [2.05, 4.69) is 4.98 Å². The Bertz CT molecular complexity index is 640. The van der Waals surface area contributed by atoms with Crippen molar-refractivity contribution in [2.75, 3.05) is 12.8 Å². The minimum atomic E-state index is 0.552. The quantitative estimate of drug-likeness (QED) is 0.879. The van der Waals surface area contributed by atoms with E-state index in [1.807, 2.05) is 24.3 Å². The first-order valence-electron chi connectivity index (χ1n) is 7.52. The summed E-state index contributed by atoms with van der Waals surface area (Å²) in [6.07, 6.45) is 5.61. The minimum Gasteiger partial charge on any atom is -0.383 e. The van der Waals surface area contributed by atoms with Crippen molar-refractivity contribution in [2.45, 2.75) is 38.7 Å². The fraction of sp³-hybridized carbons (Fsp3) is 0.412. The van der Waals surface area contributed by atoms with E-state index in [-0.39, 0.29) is 0 Å². The van der Waals surface area contributed by atoms with Gasteiger partial charge in [0.2, 0.25) is 0 Å². The van der Waals surface area contributed by atoms with Gasteiger partial charge in [0.25, 0.3) is 0 Å². The molecular weight excluding hydrogens is 262 g/mol. The van der Waals surface area contributed by atoms with Crippen LogP contribution in [-0.2, 0) is 24.2 Å². The van der Waals surface area contributed by atoms with Crippen LogP contribution in [-0.4, -0.2) is 17.1 Å². The van der Waals surface area contributed by atoms with Gasteiger partial charge in [-0.25, -0.2) is 9.97 Å². The topological polar surface area (TPSA) is 61.0 Å². The standard InChI is InChI=1S/C17H21N3O/c1-21-11-12-7-5-6-8-13(12)17-19-15-10-4-2-3-9-14(15)16(18)20-17/h5-8H,2-4,9-11H2,1H3,(H2,18,19,20). The summed E-state index contributed by atoms with van der Waals surface area (Å²) < 4.78 is 5.27. The number of hydrogen-bond donors (Lipinski definition) is 1. The van der Waals surface area contributed by atoms with Crippen LogP contribution in [0.3, 0.4) is 0 Å². The molecular formula is C17H21N3O. The minimum absolute atomic E-state index is 0.552. The van der Waals surface area contributed by atoms with Gasteiger partial charge >= 0.3 is 0 Å². The summed E-state index contributed by atoms with van der Waals surface area (Å²) in [5.41, 5.74) is 10.6. The van der Waals surface area contributed by atoms with Crippen LogP contribution in [0.25, 0.3) is 11.4 Å². The van der Waals surface area contributed by atoms with E-state index < -0.39 is 0 Å². The molecule has 21 heavy (non-hydrogen) atoms. The molecule has 0 unspecified atom stereocenters. The highest BCUT2D eigenvalue weighted by molar-refractivity contribution is 5.63. The number of methoxy groups -OCH3 is 1. The summed E-state index contributed by atoms with van der Waals surface area (Å²) in [5.74, 6) is 1.37. The second-order valence-corrected chi connectivity index (χ2v) is 5.51. The second kappa shape index (κ2) is 6.22. The number of rotatable bonds is 3. The number of aromatic nitrogens is 2. The van der Waals surface area contributed by atoms with E-state index >= 15 is 0 Å². The molecule has 1 aliphatic rings. The number of fused-ring (bicyclic) bond motifs is 1. The summed E-state index contributed by atoms with van der Waals surface area (Å²) in [6, 6.07) is 8.08. The molecule has 0 amide bonds. The molecule has 1 heterocycles. The molecule has 0 bridgehead atoms. The highest BCUT2D eigenvalue weighted by Crippen LogP contribution is 2.28. The normalized spacial score (nSPS) is 14.5. The van der Waals surface area contributed by atoms with Crippen molar-refractivity contribution in [1.82, 2.24) is 9.97 Å². The average molecular weight is 283 g/mol. The van der Waals surface area contributed by atoms with Gasteiger partial charge in [0.05, 0.1) is 6.61 Å². The van der Waals surface area contributed by atoms with Gasteiger partial charge in [0.15, 0.2) is 5.82 Å². The number of aryl methyl sites for hydroxylation is 1. The third-order valence-electron chi connectivity index (χ3n) is 4.02. The number of anilines is 1. The largest absolute Gasteiger partial charge is 0.383 e. The molecule has 0 radical (unpaired) electrons. The Labute approximate surface area is 125 Å². The van der Waals surface area contributed by atoms with E-state index in [1.54, 1.807) is 7.11 Å². The van der Waals surface area contributed by atoms with Gasteiger partial charge in [-0.1, -0.05) is 30.7 Å². The molecule has 0 aliphatic heterocycles. The predicted octanol–water partition coefficient (Wildman–Crippen LogP) is 3.14. The molecule has 0 spiro atoms. The lowest BCUT2D eigenvalue weighted by molar-refractivity contribution is 0.185. The van der Waals surface area contributed by atoms with Crippen molar-refractivity contribution in [1.29, 1.82) is 0 Å². The van der Waals surface area contributed by atoms with E-state index in [9.17, 15) is 0 Å². The molecule has 110 valence electrons. The average Bonchev–Trinajstić information content (AvgIpc) is 2.74. The van der Waals surface area contributed by atoms with E-state index in [1.165, 1.54) is 19.3 Å². The molecule has 1 aromatic heterocycles. The molecule has 0 atom stereocenters. The van der Waals surface area contributed by atoms with Gasteiger partial charge < -0.3 is 10.5 Å². The van der Waals surface area contributed by atoms with Crippen LogP contribution in [0.15, 0.2) is 24.3 Å². The first-order valence-corrected chi connectivity index (χ1v) is 7.52. The smallest absolute Gasteiger partial charge is 0.162 e. The molecule has 4 nitrogen and oxygen atoms in total. The van der Waals surface area contributed by atoms with Crippen molar-refractivity contribution >= 4 is 5.82 Å². The molecule has 3 rings (SSSR count). The Balaban J connectivity index is 2.07. The van der Waals surface area contributed by atoms with Crippen LogP contribution < -0.4 is 5.73 Å². The maximum Gasteiger partial charge on any atom is 0.162 e. The predicted molar refractivity (Wildman–Crippen MR) is 83.9 cm³/mol. The van der Waals surface area contributed by atoms with Crippen molar-refractivity contribution in [2.24, 2.45) is 0 Å². The zero-order chi connectivity index (χ0) is 14.7. The number of nitrogen functional groups attached to an aromatic ring is 1. The lowest BCUT2D eigenvalue weighted by Crippen LogP contribution is -2.07. The van der Waals surface area contributed by atoms with E-state index in [0.717, 1.165) is 41.1 Å². The van der Waals surface area contributed by atoms with Crippen LogP contribution in [0.1, 0.15) is 36.1 Å². The van der Waals surface area contributed by atoms with Crippen LogP contribution in [0.5, 0.6) is 0 Å². The number of benzene rings is 1. The van der Waals surface area contributed by atoms with Crippen LogP contribution in [0.2, 0.25) is 0 Å². The fourth-order valence-electron chi connectivity index (χ4n) is 2.94. The van der Waals surface area contributed by atoms with Gasteiger partial charge in [-0.15, -0.1) is 0 Å². The van der Waals surface area contributed by atoms with Gasteiger partial charge in [-0.3, -0.25) is 0 Å². The SMILES string of the molecule is COCc1ccccc1-c1nc(N)c2c(n1)CCCCC2. The van der Waals surface area contributed by atoms with Crippen LogP contribution in [0, 0.1) is 0 Å². The van der Waals surface area contributed by atoms with Gasteiger partial charge in [0, 0.05) is 23.9 Å². The van der Waals surface area contributed by atoms with Crippen molar-refractivity contribution in [3.05, 3.63) is 41.1 Å². The Morgan fingerprint density at radius 1 is 1.10 bits per heavy atom. The van der Waals surface area contributed by atoms with Crippen molar-refractivity contribution in [3.8, 4) is 11.4 Å². The maximum atomic E-state index is 6.19. The third kappa shape index (κ3) is 2.90. The molecule has 0 saturated heterocycles.